The number of nitrogens with zero attached hydrogens (tertiary/aromatic N) is 7. The first-order valence-electron chi connectivity index (χ1n) is 39.3. The van der Waals surface area contributed by atoms with Gasteiger partial charge in [-0.2, -0.15) is 0 Å². The number of para-hydroxylation sites is 9. The maximum Gasteiger partial charge on any atom is 0.138 e. The summed E-state index contributed by atoms with van der Waals surface area (Å²) in [5.41, 5.74) is 30.7. The van der Waals surface area contributed by atoms with Gasteiger partial charge < -0.3 is 18.3 Å². The molecule has 0 spiro atoms. The molecule has 117 heavy (non-hydrogen) atoms. The largest absolute Gasteiger partial charge is 0.309 e. The molecule has 16 aromatic carbocycles. The van der Waals surface area contributed by atoms with Crippen LogP contribution in [0.4, 0.5) is 0 Å². The molecule has 24 rings (SSSR count). The van der Waals surface area contributed by atoms with E-state index in [1.807, 2.05) is 42.5 Å². The van der Waals surface area contributed by atoms with E-state index < -0.39 is 0 Å². The van der Waals surface area contributed by atoms with Crippen LogP contribution < -0.4 is 0 Å². The second-order valence-electron chi connectivity index (χ2n) is 29.6. The van der Waals surface area contributed by atoms with Gasteiger partial charge in [0, 0.05) is 82.8 Å². The van der Waals surface area contributed by atoms with E-state index in [2.05, 4.69) is 439 Å². The molecule has 0 saturated carbocycles. The summed E-state index contributed by atoms with van der Waals surface area (Å²) in [4.78, 5) is 10.1. The zero-order chi connectivity index (χ0) is 78.0. The van der Waals surface area contributed by atoms with Crippen molar-refractivity contribution in [1.29, 1.82) is 0 Å². The van der Waals surface area contributed by atoms with E-state index in [0.29, 0.717) is 0 Å². The van der Waals surface area contributed by atoms with Gasteiger partial charge in [-0.25, -0.2) is 9.97 Å². The van der Waals surface area contributed by atoms with Gasteiger partial charge in [0.2, 0.25) is 0 Å². The fourth-order valence-corrected chi connectivity index (χ4v) is 18.6. The Morgan fingerprint density at radius 3 is 0.966 bits per heavy atom. The van der Waals surface area contributed by atoms with Gasteiger partial charge in [0.05, 0.1) is 77.9 Å². The molecule has 0 N–H and O–H groups in total. The summed E-state index contributed by atoms with van der Waals surface area (Å²) in [5.74, 6) is 0.869. The maximum atomic E-state index is 5.52. The Morgan fingerprint density at radius 2 is 0.547 bits per heavy atom. The third kappa shape index (κ3) is 12.3. The Balaban J connectivity index is 0.000000122. The van der Waals surface area contributed by atoms with Crippen molar-refractivity contribution in [2.45, 2.75) is 6.42 Å². The topological polar surface area (TPSA) is 50.4 Å². The van der Waals surface area contributed by atoms with Crippen molar-refractivity contribution in [3.05, 3.63) is 428 Å². The number of benzene rings is 16. The van der Waals surface area contributed by atoms with Gasteiger partial charge in [0.1, 0.15) is 10.4 Å². The van der Waals surface area contributed by atoms with Crippen molar-refractivity contribution in [2.24, 2.45) is 0 Å². The van der Waals surface area contributed by atoms with Crippen LogP contribution in [0.2, 0.25) is 0 Å². The van der Waals surface area contributed by atoms with Gasteiger partial charge in [0.25, 0.3) is 0 Å². The third-order valence-electron chi connectivity index (χ3n) is 23.1. The van der Waals surface area contributed by atoms with Crippen molar-refractivity contribution in [3.63, 3.8) is 0 Å². The van der Waals surface area contributed by atoms with Crippen molar-refractivity contribution in [2.75, 3.05) is 0 Å². The average molecular weight is 1630 g/mol. The smallest absolute Gasteiger partial charge is 0.138 e. The summed E-state index contributed by atoms with van der Waals surface area (Å²) >= 11 is 7.16. The molecule has 7 nitrogen and oxygen atoms in total. The summed E-state index contributed by atoms with van der Waals surface area (Å²) in [6.07, 6.45) is 0.940. The molecule has 23 aromatic rings. The Kier molecular flexibility index (Phi) is 18.3. The van der Waals surface area contributed by atoms with E-state index in [1.165, 1.54) is 126 Å². The van der Waals surface area contributed by atoms with Crippen LogP contribution in [0.15, 0.2) is 417 Å². The van der Waals surface area contributed by atoms with Crippen molar-refractivity contribution < 1.29 is 15.1 Å². The summed E-state index contributed by atoms with van der Waals surface area (Å²) < 4.78 is 13.1. The fraction of sp³-hybridized carbons (Fsp3) is 0.00935. The standard InChI is InChI=1S/C53H34N4.C37H24N2.C17H12BrN.ClH.Cu/c1-3-17-35(18-4-1)37-31-45(36-19-5-2-6-20-36)54-52(32-37)57-50-30-16-11-25-43(50)44-33-38(55-46-26-12-7-21-39(46)40-22-8-13-27-47(40)55)34-51(53(44)57)56-48-28-14-9-23-41(48)42-24-10-15-29-49(42)56;1-2-12-26-24(11-1)21-32-31(26)22-25(38-33-17-7-3-13-27(33)28-14-4-8-18-34(28)38)23-37(32)39-35-19-9-5-15-29(35)30-16-6-10-20-36(30)39;18-17-12-15(13-7-3-1-4-8-13)11-16(19-17)14-9-5-2-6-10-14;;/h1-34H;1-20,22-23H,21H2;1-12H;1H;/q;;;;+1/p-1. The number of fused-ring (bicyclic) bond motifs is 18. The van der Waals surface area contributed by atoms with Gasteiger partial charge in [-0.1, -0.05) is 309 Å². The molecule has 7 heterocycles. The Bertz CT molecular complexity index is 7450. The molecule has 558 valence electrons. The van der Waals surface area contributed by atoms with Crippen LogP contribution in [-0.2, 0) is 21.5 Å². The van der Waals surface area contributed by atoms with Crippen LogP contribution in [0.3, 0.4) is 0 Å². The van der Waals surface area contributed by atoms with Gasteiger partial charge in [-0.3, -0.25) is 4.57 Å². The predicted octanol–water partition coefficient (Wildman–Crippen LogP) is 29.0. The molecule has 0 bridgehead atoms. The van der Waals surface area contributed by atoms with Crippen LogP contribution in [-0.4, -0.2) is 32.8 Å². The van der Waals surface area contributed by atoms with Gasteiger partial charge in [0.15, 0.2) is 0 Å². The number of halogens is 2. The van der Waals surface area contributed by atoms with Gasteiger partial charge in [-0.05, 0) is 164 Å². The zero-order valence-electron chi connectivity index (χ0n) is 63.2. The summed E-state index contributed by atoms with van der Waals surface area (Å²) in [7, 11) is 4.20. The van der Waals surface area contributed by atoms with E-state index in [0.717, 1.165) is 89.3 Å². The molecule has 0 unspecified atom stereocenters. The molecule has 0 fully saturated rings. The Labute approximate surface area is 696 Å². The monoisotopic (exact) mass is 1630 g/mol. The predicted molar refractivity (Wildman–Crippen MR) is 490 cm³/mol. The fourth-order valence-electron chi connectivity index (χ4n) is 18.1. The Morgan fingerprint density at radius 1 is 0.239 bits per heavy atom. The van der Waals surface area contributed by atoms with Crippen molar-refractivity contribution in [3.8, 4) is 84.5 Å². The minimum atomic E-state index is 0.854. The first-order valence-corrected chi connectivity index (χ1v) is 41.4. The van der Waals surface area contributed by atoms with Gasteiger partial charge in [-0.15, -0.1) is 0 Å². The quantitative estimate of drug-likeness (QED) is 0.107. The summed E-state index contributed by atoms with van der Waals surface area (Å²) in [5, 5.41) is 12.4. The minimum Gasteiger partial charge on any atom is -0.309 e. The average Bonchev–Trinajstić information content (AvgIpc) is 1.56. The van der Waals surface area contributed by atoms with Crippen molar-refractivity contribution >= 4 is 135 Å². The number of aromatic nitrogens is 7. The van der Waals surface area contributed by atoms with E-state index in [-0.39, 0.29) is 0 Å². The molecule has 0 amide bonds. The molecular weight excluding hydrogens is 1560 g/mol. The maximum absolute atomic E-state index is 5.52. The first kappa shape index (κ1) is 70.9. The van der Waals surface area contributed by atoms with E-state index >= 15 is 0 Å². The number of hydrogen-bond donors (Lipinski definition) is 0. The first-order chi connectivity index (χ1) is 58.0. The number of hydrogen-bond acceptors (Lipinski definition) is 2. The van der Waals surface area contributed by atoms with E-state index in [9.17, 15) is 0 Å². The molecule has 0 radical (unpaired) electrons. The van der Waals surface area contributed by atoms with Crippen LogP contribution in [0.5, 0.6) is 0 Å². The zero-order valence-corrected chi connectivity index (χ0v) is 66.4. The molecule has 0 atom stereocenters. The molecule has 10 heteroatoms. The Hall–Kier alpha value is -13.9. The SMILES string of the molecule is Brc1cc(-c2ccccc2)cc(-c2ccccc2)n1.[Cl][Cu].c1ccc(-c2cc(-c3ccccc3)nc(-n3c4ccccc4c4cc(-n5c6ccccc6c6ccccc65)cc(-n5c6ccccc6c6ccccc65)c43)c2)cc1.c1ccc2c(c1)Cc1c-2cc(-n2c3ccccc3c3ccccc32)cc1-n1c2ccccc2c2ccccc21. The summed E-state index contributed by atoms with van der Waals surface area (Å²) in [6, 6.07) is 148. The van der Waals surface area contributed by atoms with Crippen LogP contribution in [0, 0.1) is 0 Å². The second-order valence-corrected chi connectivity index (χ2v) is 30.5. The molecule has 1 aliphatic carbocycles. The second kappa shape index (κ2) is 30.1. The molecule has 0 aliphatic heterocycles. The van der Waals surface area contributed by atoms with E-state index in [1.54, 1.807) is 0 Å². The van der Waals surface area contributed by atoms with Crippen LogP contribution >= 0.6 is 26.0 Å². The molecular formula is C107H70BrClCuN7. The van der Waals surface area contributed by atoms with Crippen LogP contribution in [0.25, 0.3) is 193 Å². The van der Waals surface area contributed by atoms with Gasteiger partial charge >= 0.3 is 25.2 Å². The third-order valence-corrected chi connectivity index (χ3v) is 23.5. The summed E-state index contributed by atoms with van der Waals surface area (Å²) in [6.45, 7) is 0. The molecule has 7 aromatic heterocycles. The minimum absolute atomic E-state index is 0.854. The van der Waals surface area contributed by atoms with Crippen molar-refractivity contribution in [1.82, 2.24) is 32.8 Å². The number of rotatable bonds is 9. The molecule has 1 aliphatic rings. The number of pyridine rings is 2. The van der Waals surface area contributed by atoms with Crippen LogP contribution in [0.1, 0.15) is 11.1 Å². The normalized spacial score (nSPS) is 11.7. The van der Waals surface area contributed by atoms with E-state index in [4.69, 9.17) is 4.98 Å². The molecule has 0 saturated heterocycles.